The fourth-order valence-electron chi connectivity index (χ4n) is 1.97. The van der Waals surface area contributed by atoms with E-state index < -0.39 is 5.82 Å². The van der Waals surface area contributed by atoms with Crippen LogP contribution in [0, 0.1) is 5.82 Å². The van der Waals surface area contributed by atoms with Crippen LogP contribution >= 0.6 is 0 Å². The Morgan fingerprint density at radius 2 is 2.05 bits per heavy atom. The molecular weight excluding hydrogens is 261 g/mol. The molecule has 0 radical (unpaired) electrons. The van der Waals surface area contributed by atoms with Crippen molar-refractivity contribution in [1.29, 1.82) is 0 Å². The van der Waals surface area contributed by atoms with Crippen LogP contribution in [0.1, 0.15) is 0 Å². The van der Waals surface area contributed by atoms with Gasteiger partial charge in [-0.15, -0.1) is 0 Å². The van der Waals surface area contributed by atoms with E-state index in [4.69, 9.17) is 4.74 Å². The Bertz CT molecular complexity index is 574. The van der Waals surface area contributed by atoms with E-state index in [0.29, 0.717) is 43.9 Å². The van der Waals surface area contributed by atoms with Crippen LogP contribution in [0.5, 0.6) is 0 Å². The number of pyridine rings is 1. The molecule has 1 aliphatic rings. The Balaban J connectivity index is 1.82. The Kier molecular flexibility index (Phi) is 3.69. The first-order chi connectivity index (χ1) is 9.83. The Hall–Kier alpha value is -2.28. The van der Waals surface area contributed by atoms with Crippen LogP contribution in [-0.4, -0.2) is 41.3 Å². The van der Waals surface area contributed by atoms with Gasteiger partial charge in [-0.05, 0) is 12.1 Å². The summed E-state index contributed by atoms with van der Waals surface area (Å²) in [5.41, 5.74) is 0. The van der Waals surface area contributed by atoms with Gasteiger partial charge in [0, 0.05) is 19.3 Å². The van der Waals surface area contributed by atoms with Gasteiger partial charge in [-0.2, -0.15) is 4.98 Å². The second kappa shape index (κ2) is 5.79. The van der Waals surface area contributed by atoms with Gasteiger partial charge in [0.25, 0.3) is 0 Å². The van der Waals surface area contributed by atoms with E-state index >= 15 is 0 Å². The number of morpholine rings is 1. The molecule has 2 aromatic rings. The van der Waals surface area contributed by atoms with Crippen LogP contribution in [0.2, 0.25) is 0 Å². The predicted molar refractivity (Wildman–Crippen MR) is 72.5 cm³/mol. The highest BCUT2D eigenvalue weighted by atomic mass is 19.1. The maximum Gasteiger partial charge on any atom is 0.230 e. The third kappa shape index (κ3) is 2.83. The fraction of sp³-hybridized carbons (Fsp3) is 0.308. The number of ether oxygens (including phenoxy) is 1. The van der Waals surface area contributed by atoms with Gasteiger partial charge in [0.15, 0.2) is 11.6 Å². The van der Waals surface area contributed by atoms with E-state index in [9.17, 15) is 4.39 Å². The lowest BCUT2D eigenvalue weighted by molar-refractivity contribution is 0.122. The summed E-state index contributed by atoms with van der Waals surface area (Å²) < 4.78 is 19.1. The van der Waals surface area contributed by atoms with Gasteiger partial charge >= 0.3 is 0 Å². The lowest BCUT2D eigenvalue weighted by Crippen LogP contribution is -2.37. The molecule has 104 valence electrons. The highest BCUT2D eigenvalue weighted by molar-refractivity contribution is 5.51. The van der Waals surface area contributed by atoms with Gasteiger partial charge in [0.1, 0.15) is 5.82 Å². The molecular formula is C13H14FN5O. The zero-order chi connectivity index (χ0) is 13.8. The summed E-state index contributed by atoms with van der Waals surface area (Å²) in [5.74, 6) is 0.804. The Labute approximate surface area is 115 Å². The second-order valence-electron chi connectivity index (χ2n) is 4.30. The van der Waals surface area contributed by atoms with Crippen molar-refractivity contribution in [2.75, 3.05) is 36.5 Å². The normalized spacial score (nSPS) is 15.2. The summed E-state index contributed by atoms with van der Waals surface area (Å²) in [6.45, 7) is 2.40. The SMILES string of the molecule is Fc1cnc(Nc2ccccn2)nc1N1CCOCC1. The standard InChI is InChI=1S/C13H14FN5O/c14-10-9-16-13(17-11-3-1-2-4-15-11)18-12(10)19-5-7-20-8-6-19/h1-4,9H,5-8H2,(H,15,16,17,18). The minimum absolute atomic E-state index is 0.293. The minimum atomic E-state index is -0.432. The number of halogens is 1. The molecule has 1 fully saturated rings. The topological polar surface area (TPSA) is 63.2 Å². The minimum Gasteiger partial charge on any atom is -0.378 e. The average molecular weight is 275 g/mol. The van der Waals surface area contributed by atoms with Crippen molar-refractivity contribution in [1.82, 2.24) is 15.0 Å². The molecule has 1 saturated heterocycles. The maximum absolute atomic E-state index is 13.8. The third-order valence-corrected chi connectivity index (χ3v) is 2.94. The van der Waals surface area contributed by atoms with E-state index in [1.807, 2.05) is 17.0 Å². The van der Waals surface area contributed by atoms with Gasteiger partial charge < -0.3 is 15.0 Å². The molecule has 0 amide bonds. The molecule has 0 atom stereocenters. The van der Waals surface area contributed by atoms with E-state index in [1.54, 1.807) is 12.3 Å². The molecule has 1 N–H and O–H groups in total. The van der Waals surface area contributed by atoms with Crippen LogP contribution in [0.4, 0.5) is 22.0 Å². The van der Waals surface area contributed by atoms with E-state index in [-0.39, 0.29) is 0 Å². The molecule has 0 spiro atoms. The number of aromatic nitrogens is 3. The number of hydrogen-bond acceptors (Lipinski definition) is 6. The average Bonchev–Trinajstić information content (AvgIpc) is 2.51. The molecule has 6 nitrogen and oxygen atoms in total. The number of rotatable bonds is 3. The Morgan fingerprint density at radius 1 is 1.20 bits per heavy atom. The zero-order valence-corrected chi connectivity index (χ0v) is 10.8. The molecule has 20 heavy (non-hydrogen) atoms. The number of nitrogens with zero attached hydrogens (tertiary/aromatic N) is 4. The van der Waals surface area contributed by atoms with Crippen molar-refractivity contribution in [3.05, 3.63) is 36.4 Å². The van der Waals surface area contributed by atoms with Crippen molar-refractivity contribution < 1.29 is 9.13 Å². The first kappa shape index (κ1) is 12.7. The lowest BCUT2D eigenvalue weighted by Gasteiger charge is -2.28. The van der Waals surface area contributed by atoms with Gasteiger partial charge in [-0.25, -0.2) is 14.4 Å². The molecule has 0 unspecified atom stereocenters. The highest BCUT2D eigenvalue weighted by Crippen LogP contribution is 2.19. The molecule has 0 aromatic carbocycles. The number of hydrogen-bond donors (Lipinski definition) is 1. The Morgan fingerprint density at radius 3 is 2.80 bits per heavy atom. The molecule has 7 heteroatoms. The van der Waals surface area contributed by atoms with Gasteiger partial charge in [0.2, 0.25) is 5.95 Å². The lowest BCUT2D eigenvalue weighted by atomic mass is 10.4. The summed E-state index contributed by atoms with van der Waals surface area (Å²) in [6.07, 6.45) is 2.83. The highest BCUT2D eigenvalue weighted by Gasteiger charge is 2.17. The maximum atomic E-state index is 13.8. The monoisotopic (exact) mass is 275 g/mol. The summed E-state index contributed by atoms with van der Waals surface area (Å²) in [6, 6.07) is 5.46. The molecule has 1 aliphatic heterocycles. The van der Waals surface area contributed by atoms with Crippen LogP contribution in [0.25, 0.3) is 0 Å². The van der Waals surface area contributed by atoms with Crippen molar-refractivity contribution in [3.8, 4) is 0 Å². The second-order valence-corrected chi connectivity index (χ2v) is 4.30. The fourth-order valence-corrected chi connectivity index (χ4v) is 1.97. The van der Waals surface area contributed by atoms with Crippen LogP contribution < -0.4 is 10.2 Å². The van der Waals surface area contributed by atoms with Crippen molar-refractivity contribution in [3.63, 3.8) is 0 Å². The van der Waals surface area contributed by atoms with E-state index in [0.717, 1.165) is 0 Å². The van der Waals surface area contributed by atoms with Crippen molar-refractivity contribution in [2.45, 2.75) is 0 Å². The van der Waals surface area contributed by atoms with Gasteiger partial charge in [-0.1, -0.05) is 6.07 Å². The number of anilines is 3. The van der Waals surface area contributed by atoms with Crippen LogP contribution in [-0.2, 0) is 4.74 Å². The van der Waals surface area contributed by atoms with Gasteiger partial charge in [-0.3, -0.25) is 0 Å². The molecule has 0 aliphatic carbocycles. The number of nitrogens with one attached hydrogen (secondary N) is 1. The summed E-state index contributed by atoms with van der Waals surface area (Å²) in [4.78, 5) is 14.1. The smallest absolute Gasteiger partial charge is 0.230 e. The molecule has 0 saturated carbocycles. The van der Waals surface area contributed by atoms with Gasteiger partial charge in [0.05, 0.1) is 19.4 Å². The van der Waals surface area contributed by atoms with E-state index in [2.05, 4.69) is 20.3 Å². The molecule has 2 aromatic heterocycles. The molecule has 3 rings (SSSR count). The zero-order valence-electron chi connectivity index (χ0n) is 10.8. The predicted octanol–water partition coefficient (Wildman–Crippen LogP) is 1.59. The van der Waals surface area contributed by atoms with Crippen LogP contribution in [0.15, 0.2) is 30.6 Å². The summed E-state index contributed by atoms with van der Waals surface area (Å²) in [7, 11) is 0. The van der Waals surface area contributed by atoms with E-state index in [1.165, 1.54) is 6.20 Å². The summed E-state index contributed by atoms with van der Waals surface area (Å²) in [5, 5.41) is 2.95. The van der Waals surface area contributed by atoms with Crippen molar-refractivity contribution >= 4 is 17.6 Å². The molecule has 3 heterocycles. The first-order valence-corrected chi connectivity index (χ1v) is 6.36. The third-order valence-electron chi connectivity index (χ3n) is 2.94. The molecule has 0 bridgehead atoms. The van der Waals surface area contributed by atoms with Crippen molar-refractivity contribution in [2.24, 2.45) is 0 Å². The first-order valence-electron chi connectivity index (χ1n) is 6.36. The largest absolute Gasteiger partial charge is 0.378 e. The quantitative estimate of drug-likeness (QED) is 0.917. The summed E-state index contributed by atoms with van der Waals surface area (Å²) >= 11 is 0. The van der Waals surface area contributed by atoms with Crippen LogP contribution in [0.3, 0.4) is 0 Å².